The second kappa shape index (κ2) is 2.33. The van der Waals surface area contributed by atoms with Gasteiger partial charge in [0.2, 0.25) is 6.29 Å². The number of nitrogens with two attached hydrogens (primary N) is 1. The number of esters is 1. The van der Waals surface area contributed by atoms with Gasteiger partial charge in [-0.25, -0.2) is 0 Å². The van der Waals surface area contributed by atoms with Crippen molar-refractivity contribution in [1.29, 1.82) is 0 Å². The highest BCUT2D eigenvalue weighted by atomic mass is 16.7. The van der Waals surface area contributed by atoms with Crippen molar-refractivity contribution in [2.45, 2.75) is 18.8 Å². The van der Waals surface area contributed by atoms with E-state index in [-0.39, 0.29) is 18.4 Å². The molecule has 1 fully saturated rings. The molecule has 0 bridgehead atoms. The maximum absolute atomic E-state index is 10.4. The summed E-state index contributed by atoms with van der Waals surface area (Å²) >= 11 is 0. The van der Waals surface area contributed by atoms with Crippen molar-refractivity contribution in [3.63, 3.8) is 0 Å². The van der Waals surface area contributed by atoms with Gasteiger partial charge in [-0.05, 0) is 0 Å². The fourth-order valence-corrected chi connectivity index (χ4v) is 0.777. The maximum atomic E-state index is 10.4. The highest BCUT2D eigenvalue weighted by Crippen LogP contribution is 2.12. The topological polar surface area (TPSA) is 61.5 Å². The summed E-state index contributed by atoms with van der Waals surface area (Å²) in [6, 6.07) is -0.289. The van der Waals surface area contributed by atoms with Crippen LogP contribution in [-0.2, 0) is 14.3 Å². The first-order valence-electron chi connectivity index (χ1n) is 2.72. The molecular formula is C5H9NO3. The Kier molecular flexibility index (Phi) is 1.68. The molecule has 0 aromatic heterocycles. The summed E-state index contributed by atoms with van der Waals surface area (Å²) in [5.41, 5.74) is 5.41. The summed E-state index contributed by atoms with van der Waals surface area (Å²) in [4.78, 5) is 10.4. The van der Waals surface area contributed by atoms with E-state index in [0.29, 0.717) is 0 Å². The van der Waals surface area contributed by atoms with Crippen molar-refractivity contribution in [2.24, 2.45) is 5.73 Å². The number of rotatable bonds is 1. The Labute approximate surface area is 52.9 Å². The third-order valence-corrected chi connectivity index (χ3v) is 1.23. The SMILES string of the molecule is CO[C@@H]1OC(=O)C[C@H]1N. The number of carbonyl (C=O) groups excluding carboxylic acids is 1. The van der Waals surface area contributed by atoms with Crippen LogP contribution in [0.3, 0.4) is 0 Å². The van der Waals surface area contributed by atoms with Crippen LogP contribution >= 0.6 is 0 Å². The number of ether oxygens (including phenoxy) is 2. The van der Waals surface area contributed by atoms with Gasteiger partial charge in [0.15, 0.2) is 0 Å². The zero-order valence-corrected chi connectivity index (χ0v) is 5.16. The van der Waals surface area contributed by atoms with Crippen molar-refractivity contribution in [3.05, 3.63) is 0 Å². The van der Waals surface area contributed by atoms with Gasteiger partial charge < -0.3 is 15.2 Å². The minimum atomic E-state index is -0.530. The van der Waals surface area contributed by atoms with Crippen LogP contribution in [-0.4, -0.2) is 25.4 Å². The molecule has 0 aromatic carbocycles. The van der Waals surface area contributed by atoms with E-state index in [1.165, 1.54) is 7.11 Å². The first-order chi connectivity index (χ1) is 4.24. The molecule has 1 saturated heterocycles. The van der Waals surface area contributed by atoms with Gasteiger partial charge in [0.1, 0.15) is 0 Å². The van der Waals surface area contributed by atoms with Crippen molar-refractivity contribution in [3.8, 4) is 0 Å². The molecular weight excluding hydrogens is 122 g/mol. The van der Waals surface area contributed by atoms with Crippen LogP contribution in [0, 0.1) is 0 Å². The lowest BCUT2D eigenvalue weighted by Crippen LogP contribution is -2.31. The molecule has 0 spiro atoms. The largest absolute Gasteiger partial charge is 0.434 e. The Hall–Kier alpha value is -0.610. The molecule has 2 atom stereocenters. The van der Waals surface area contributed by atoms with Gasteiger partial charge in [-0.3, -0.25) is 4.79 Å². The summed E-state index contributed by atoms with van der Waals surface area (Å²) in [5.74, 6) is -0.283. The number of hydrogen-bond acceptors (Lipinski definition) is 4. The highest BCUT2D eigenvalue weighted by Gasteiger charge is 2.31. The lowest BCUT2D eigenvalue weighted by Gasteiger charge is -2.09. The summed E-state index contributed by atoms with van der Waals surface area (Å²) in [5, 5.41) is 0. The molecule has 1 rings (SSSR count). The summed E-state index contributed by atoms with van der Waals surface area (Å²) in [7, 11) is 1.46. The van der Waals surface area contributed by atoms with Crippen LogP contribution in [0.5, 0.6) is 0 Å². The predicted octanol–water partition coefficient (Wildman–Crippen LogP) is -0.767. The molecule has 0 aliphatic carbocycles. The maximum Gasteiger partial charge on any atom is 0.309 e. The zero-order chi connectivity index (χ0) is 6.85. The minimum Gasteiger partial charge on any atom is -0.434 e. The van der Waals surface area contributed by atoms with Crippen LogP contribution < -0.4 is 5.73 Å². The molecule has 52 valence electrons. The highest BCUT2D eigenvalue weighted by molar-refractivity contribution is 5.72. The molecule has 1 aliphatic heterocycles. The average Bonchev–Trinajstić information content (AvgIpc) is 2.10. The van der Waals surface area contributed by atoms with Crippen LogP contribution in [0.2, 0.25) is 0 Å². The Balaban J connectivity index is 2.47. The molecule has 0 radical (unpaired) electrons. The van der Waals surface area contributed by atoms with Crippen LogP contribution in [0.25, 0.3) is 0 Å². The van der Waals surface area contributed by atoms with Crippen molar-refractivity contribution in [1.82, 2.24) is 0 Å². The Morgan fingerprint density at radius 2 is 2.56 bits per heavy atom. The lowest BCUT2D eigenvalue weighted by molar-refractivity contribution is -0.158. The Bertz CT molecular complexity index is 125. The van der Waals surface area contributed by atoms with Gasteiger partial charge in [-0.1, -0.05) is 0 Å². The molecule has 0 amide bonds. The van der Waals surface area contributed by atoms with Crippen molar-refractivity contribution in [2.75, 3.05) is 7.11 Å². The summed E-state index contributed by atoms with van der Waals surface area (Å²) in [6.45, 7) is 0. The molecule has 1 heterocycles. The second-order valence-corrected chi connectivity index (χ2v) is 1.96. The monoisotopic (exact) mass is 131 g/mol. The van der Waals surface area contributed by atoms with Crippen LogP contribution in [0.1, 0.15) is 6.42 Å². The minimum absolute atomic E-state index is 0.262. The predicted molar refractivity (Wildman–Crippen MR) is 29.5 cm³/mol. The molecule has 1 aliphatic rings. The standard InChI is InChI=1S/C5H9NO3/c1-8-5-3(6)2-4(7)9-5/h3,5H,2,6H2,1H3/t3-,5-/m1/s1. The van der Waals surface area contributed by atoms with Crippen LogP contribution in [0.4, 0.5) is 0 Å². The Morgan fingerprint density at radius 3 is 2.78 bits per heavy atom. The number of carbonyl (C=O) groups is 1. The first kappa shape index (κ1) is 6.51. The van der Waals surface area contributed by atoms with Gasteiger partial charge in [-0.15, -0.1) is 0 Å². The number of methoxy groups -OCH3 is 1. The van der Waals surface area contributed by atoms with E-state index < -0.39 is 6.29 Å². The van der Waals surface area contributed by atoms with E-state index in [9.17, 15) is 4.79 Å². The van der Waals surface area contributed by atoms with Gasteiger partial charge in [0, 0.05) is 7.11 Å². The zero-order valence-electron chi connectivity index (χ0n) is 5.16. The van der Waals surface area contributed by atoms with Crippen LogP contribution in [0.15, 0.2) is 0 Å². The van der Waals surface area contributed by atoms with Crippen molar-refractivity contribution < 1.29 is 14.3 Å². The smallest absolute Gasteiger partial charge is 0.309 e. The van der Waals surface area contributed by atoms with E-state index in [0.717, 1.165) is 0 Å². The summed E-state index contributed by atoms with van der Waals surface area (Å²) in [6.07, 6.45) is -0.268. The quantitative estimate of drug-likeness (QED) is 0.475. The molecule has 0 saturated carbocycles. The first-order valence-corrected chi connectivity index (χ1v) is 2.72. The third-order valence-electron chi connectivity index (χ3n) is 1.23. The average molecular weight is 131 g/mol. The molecule has 2 N–H and O–H groups in total. The van der Waals surface area contributed by atoms with Gasteiger partial charge in [0.25, 0.3) is 0 Å². The van der Waals surface area contributed by atoms with E-state index in [2.05, 4.69) is 4.74 Å². The molecule has 0 unspecified atom stereocenters. The molecule has 4 nitrogen and oxygen atoms in total. The van der Waals surface area contributed by atoms with E-state index in [1.54, 1.807) is 0 Å². The van der Waals surface area contributed by atoms with Gasteiger partial charge in [0.05, 0.1) is 12.5 Å². The number of hydrogen-bond donors (Lipinski definition) is 1. The fourth-order valence-electron chi connectivity index (χ4n) is 0.777. The molecule has 9 heavy (non-hydrogen) atoms. The van der Waals surface area contributed by atoms with E-state index >= 15 is 0 Å². The molecule has 4 heteroatoms. The van der Waals surface area contributed by atoms with Crippen molar-refractivity contribution >= 4 is 5.97 Å². The lowest BCUT2D eigenvalue weighted by atomic mass is 10.2. The summed E-state index contributed by atoms with van der Waals surface area (Å²) < 4.78 is 9.36. The van der Waals surface area contributed by atoms with E-state index in [1.807, 2.05) is 0 Å². The number of cyclic esters (lactones) is 1. The van der Waals surface area contributed by atoms with Gasteiger partial charge >= 0.3 is 5.97 Å². The van der Waals surface area contributed by atoms with Gasteiger partial charge in [-0.2, -0.15) is 0 Å². The fraction of sp³-hybridized carbons (Fsp3) is 0.800. The third kappa shape index (κ3) is 1.20. The molecule has 0 aromatic rings. The Morgan fingerprint density at radius 1 is 1.89 bits per heavy atom. The normalized spacial score (nSPS) is 34.7. The second-order valence-electron chi connectivity index (χ2n) is 1.96. The van der Waals surface area contributed by atoms with E-state index in [4.69, 9.17) is 10.5 Å².